The van der Waals surface area contributed by atoms with Crippen molar-refractivity contribution < 1.29 is 9.53 Å². The highest BCUT2D eigenvalue weighted by atomic mass is 32.1. The number of para-hydroxylation sites is 1. The van der Waals surface area contributed by atoms with Gasteiger partial charge in [-0.1, -0.05) is 18.2 Å². The van der Waals surface area contributed by atoms with Gasteiger partial charge in [0.25, 0.3) is 0 Å². The second kappa shape index (κ2) is 7.49. The average Bonchev–Trinajstić information content (AvgIpc) is 3.34. The summed E-state index contributed by atoms with van der Waals surface area (Å²) in [7, 11) is 0. The summed E-state index contributed by atoms with van der Waals surface area (Å²) in [5.74, 6) is 1.34. The summed E-state index contributed by atoms with van der Waals surface area (Å²) in [4.78, 5) is 21.7. The summed E-state index contributed by atoms with van der Waals surface area (Å²) in [6, 6.07) is 11.7. The van der Waals surface area contributed by atoms with Gasteiger partial charge < -0.3 is 10.1 Å². The first kappa shape index (κ1) is 16.5. The van der Waals surface area contributed by atoms with E-state index in [1.54, 1.807) is 35.9 Å². The summed E-state index contributed by atoms with van der Waals surface area (Å²) in [6.45, 7) is 0.456. The molecular formula is C20H17N3O2S. The number of hydrogen-bond acceptors (Lipinski definition) is 5. The first-order chi connectivity index (χ1) is 12.8. The summed E-state index contributed by atoms with van der Waals surface area (Å²) in [6.07, 6.45) is 7.47. The number of amides is 1. The highest BCUT2D eigenvalue weighted by molar-refractivity contribution is 7.10. The number of nitrogens with zero attached hydrogens (tertiary/aromatic N) is 2. The van der Waals surface area contributed by atoms with Crippen LogP contribution < -0.4 is 10.1 Å². The van der Waals surface area contributed by atoms with Gasteiger partial charge in [0.1, 0.15) is 11.9 Å². The van der Waals surface area contributed by atoms with Crippen LogP contribution in [0.25, 0.3) is 17.5 Å². The van der Waals surface area contributed by atoms with Gasteiger partial charge in [0, 0.05) is 29.8 Å². The van der Waals surface area contributed by atoms with Crippen LogP contribution in [0.1, 0.15) is 10.4 Å². The second-order valence-corrected chi connectivity index (χ2v) is 6.88. The third-order valence-corrected chi connectivity index (χ3v) is 4.92. The van der Waals surface area contributed by atoms with Crippen molar-refractivity contribution in [1.29, 1.82) is 0 Å². The lowest BCUT2D eigenvalue weighted by molar-refractivity contribution is -0.116. The number of ether oxygens (including phenoxy) is 1. The summed E-state index contributed by atoms with van der Waals surface area (Å²) in [5.41, 5.74) is 2.00. The van der Waals surface area contributed by atoms with E-state index in [9.17, 15) is 4.79 Å². The first-order valence-corrected chi connectivity index (χ1v) is 9.23. The Kier molecular flexibility index (Phi) is 4.75. The Labute approximate surface area is 155 Å². The van der Waals surface area contributed by atoms with E-state index < -0.39 is 0 Å². The Hall–Kier alpha value is -2.99. The molecule has 0 radical (unpaired) electrons. The molecule has 1 aliphatic heterocycles. The molecule has 2 aromatic heterocycles. The fourth-order valence-electron chi connectivity index (χ4n) is 2.88. The number of nitrogens with one attached hydrogen (secondary N) is 1. The van der Waals surface area contributed by atoms with Gasteiger partial charge in [-0.25, -0.2) is 9.97 Å². The van der Waals surface area contributed by atoms with Crippen LogP contribution >= 0.6 is 11.3 Å². The van der Waals surface area contributed by atoms with Crippen LogP contribution in [0, 0.1) is 0 Å². The minimum absolute atomic E-state index is 0.0889. The Morgan fingerprint density at radius 1 is 1.23 bits per heavy atom. The molecule has 1 aliphatic rings. The van der Waals surface area contributed by atoms with Gasteiger partial charge in [-0.2, -0.15) is 0 Å². The molecule has 26 heavy (non-hydrogen) atoms. The number of benzene rings is 1. The Bertz CT molecular complexity index is 923. The minimum atomic E-state index is -0.121. The van der Waals surface area contributed by atoms with Crippen LogP contribution in [0.2, 0.25) is 0 Å². The van der Waals surface area contributed by atoms with Crippen LogP contribution in [0.15, 0.2) is 60.2 Å². The normalized spacial score (nSPS) is 15.6. The standard InChI is InChI=1S/C20H17N3O2S/c24-18(8-7-16-5-2-11-26-16)23-13-15-12-14-4-1-6-17(19(14)25-15)20-21-9-3-10-22-20/h1-11,15H,12-13H2,(H,23,24)/b8-7+. The number of carbonyl (C=O) groups is 1. The van der Waals surface area contributed by atoms with Crippen molar-refractivity contribution in [2.24, 2.45) is 0 Å². The summed E-state index contributed by atoms with van der Waals surface area (Å²) >= 11 is 1.60. The Morgan fingerprint density at radius 2 is 2.12 bits per heavy atom. The molecule has 6 heteroatoms. The molecule has 1 N–H and O–H groups in total. The van der Waals surface area contributed by atoms with E-state index in [0.717, 1.165) is 28.2 Å². The molecule has 1 aromatic carbocycles. The van der Waals surface area contributed by atoms with Crippen LogP contribution in [0.3, 0.4) is 0 Å². The third kappa shape index (κ3) is 3.65. The predicted octanol–water partition coefficient (Wildman–Crippen LogP) is 3.34. The van der Waals surface area contributed by atoms with Crippen molar-refractivity contribution >= 4 is 23.3 Å². The zero-order valence-electron chi connectivity index (χ0n) is 14.0. The lowest BCUT2D eigenvalue weighted by Gasteiger charge is -2.12. The molecule has 0 bridgehead atoms. The molecule has 5 nitrogen and oxygen atoms in total. The van der Waals surface area contributed by atoms with Gasteiger partial charge in [-0.05, 0) is 35.2 Å². The second-order valence-electron chi connectivity index (χ2n) is 5.90. The van der Waals surface area contributed by atoms with Gasteiger partial charge in [-0.15, -0.1) is 11.3 Å². The molecule has 4 rings (SSSR count). The van der Waals surface area contributed by atoms with E-state index >= 15 is 0 Å². The molecule has 0 saturated heterocycles. The highest BCUT2D eigenvalue weighted by Crippen LogP contribution is 2.37. The molecule has 0 aliphatic carbocycles. The van der Waals surface area contributed by atoms with Crippen LogP contribution in [-0.2, 0) is 11.2 Å². The van der Waals surface area contributed by atoms with Crippen LogP contribution in [0.5, 0.6) is 5.75 Å². The molecule has 3 heterocycles. The van der Waals surface area contributed by atoms with E-state index in [1.807, 2.05) is 41.8 Å². The van der Waals surface area contributed by atoms with Crippen molar-refractivity contribution in [2.45, 2.75) is 12.5 Å². The molecule has 3 aromatic rings. The van der Waals surface area contributed by atoms with E-state index in [-0.39, 0.29) is 12.0 Å². The molecule has 130 valence electrons. The minimum Gasteiger partial charge on any atom is -0.487 e. The maximum Gasteiger partial charge on any atom is 0.244 e. The zero-order valence-corrected chi connectivity index (χ0v) is 14.8. The largest absolute Gasteiger partial charge is 0.487 e. The highest BCUT2D eigenvalue weighted by Gasteiger charge is 2.26. The number of aromatic nitrogens is 2. The number of carbonyl (C=O) groups excluding carboxylic acids is 1. The lowest BCUT2D eigenvalue weighted by Crippen LogP contribution is -2.33. The fraction of sp³-hybridized carbons (Fsp3) is 0.150. The third-order valence-electron chi connectivity index (χ3n) is 4.08. The first-order valence-electron chi connectivity index (χ1n) is 8.35. The van der Waals surface area contributed by atoms with Gasteiger partial charge >= 0.3 is 0 Å². The number of rotatable bonds is 5. The topological polar surface area (TPSA) is 64.1 Å². The number of thiophene rings is 1. The molecule has 1 amide bonds. The monoisotopic (exact) mass is 363 g/mol. The van der Waals surface area contributed by atoms with E-state index in [2.05, 4.69) is 15.3 Å². The van der Waals surface area contributed by atoms with E-state index in [0.29, 0.717) is 12.4 Å². The average molecular weight is 363 g/mol. The molecule has 0 fully saturated rings. The molecule has 1 unspecified atom stereocenters. The maximum absolute atomic E-state index is 12.0. The van der Waals surface area contributed by atoms with E-state index in [1.165, 1.54) is 0 Å². The zero-order chi connectivity index (χ0) is 17.8. The smallest absolute Gasteiger partial charge is 0.244 e. The Morgan fingerprint density at radius 3 is 2.92 bits per heavy atom. The lowest BCUT2D eigenvalue weighted by atomic mass is 10.1. The molecule has 0 spiro atoms. The Balaban J connectivity index is 1.39. The van der Waals surface area contributed by atoms with Crippen molar-refractivity contribution in [3.63, 3.8) is 0 Å². The number of fused-ring (bicyclic) bond motifs is 1. The molecule has 0 saturated carbocycles. The van der Waals surface area contributed by atoms with Gasteiger partial charge in [-0.3, -0.25) is 4.79 Å². The van der Waals surface area contributed by atoms with Crippen LogP contribution in [-0.4, -0.2) is 28.5 Å². The van der Waals surface area contributed by atoms with Crippen molar-refractivity contribution in [1.82, 2.24) is 15.3 Å². The predicted molar refractivity (Wildman–Crippen MR) is 102 cm³/mol. The van der Waals surface area contributed by atoms with Gasteiger partial charge in [0.2, 0.25) is 5.91 Å². The van der Waals surface area contributed by atoms with Gasteiger partial charge in [0.05, 0.1) is 12.1 Å². The number of hydrogen-bond donors (Lipinski definition) is 1. The van der Waals surface area contributed by atoms with Crippen molar-refractivity contribution in [2.75, 3.05) is 6.54 Å². The molecule has 1 atom stereocenters. The fourth-order valence-corrected chi connectivity index (χ4v) is 3.50. The van der Waals surface area contributed by atoms with E-state index in [4.69, 9.17) is 4.74 Å². The summed E-state index contributed by atoms with van der Waals surface area (Å²) in [5, 5.41) is 4.89. The maximum atomic E-state index is 12.0. The molecular weight excluding hydrogens is 346 g/mol. The quantitative estimate of drug-likeness (QED) is 0.706. The summed E-state index contributed by atoms with van der Waals surface area (Å²) < 4.78 is 6.08. The van der Waals surface area contributed by atoms with Gasteiger partial charge in [0.15, 0.2) is 5.82 Å². The van der Waals surface area contributed by atoms with Crippen molar-refractivity contribution in [3.8, 4) is 17.1 Å². The SMILES string of the molecule is O=C(/C=C/c1cccs1)NCC1Cc2cccc(-c3ncccn3)c2O1. The van der Waals surface area contributed by atoms with Crippen molar-refractivity contribution in [3.05, 3.63) is 70.7 Å². The van der Waals surface area contributed by atoms with Crippen LogP contribution in [0.4, 0.5) is 0 Å².